The molecule has 1 aliphatic rings. The minimum Gasteiger partial charge on any atom is -0.503 e. The molecule has 7 nitrogen and oxygen atoms in total. The smallest absolute Gasteiger partial charge is 0.290 e. The molecule has 0 saturated carbocycles. The number of hydrogen-bond donors (Lipinski definition) is 1. The third kappa shape index (κ3) is 3.72. The molecule has 0 saturated heterocycles. The fourth-order valence-corrected chi connectivity index (χ4v) is 4.00. The number of carbonyl (C=O) groups excluding carboxylic acids is 2. The first-order chi connectivity index (χ1) is 15.3. The number of fused-ring (bicyclic) bond motifs is 1. The summed E-state index contributed by atoms with van der Waals surface area (Å²) >= 11 is 6.09. The van der Waals surface area contributed by atoms with E-state index in [1.165, 1.54) is 49.5 Å². The van der Waals surface area contributed by atoms with Crippen molar-refractivity contribution in [3.63, 3.8) is 0 Å². The molecule has 1 N–H and O–H groups in total. The number of aliphatic hydroxyl groups excluding tert-OH is 1. The molecule has 0 radical (unpaired) electrons. The molecule has 4 rings (SSSR count). The zero-order valence-corrected chi connectivity index (χ0v) is 18.0. The van der Waals surface area contributed by atoms with Crippen molar-refractivity contribution in [1.29, 1.82) is 0 Å². The number of furan rings is 1. The van der Waals surface area contributed by atoms with Gasteiger partial charge in [0.15, 0.2) is 22.9 Å². The molecular formula is C23H19ClFNO6. The summed E-state index contributed by atoms with van der Waals surface area (Å²) in [6.45, 7) is 0.292. The van der Waals surface area contributed by atoms with Crippen LogP contribution >= 0.6 is 11.6 Å². The number of hydrogen-bond acceptors (Lipinski definition) is 6. The predicted octanol–water partition coefficient (Wildman–Crippen LogP) is 4.46. The van der Waals surface area contributed by atoms with Gasteiger partial charge in [0.25, 0.3) is 5.91 Å². The zero-order valence-electron chi connectivity index (χ0n) is 17.2. The lowest BCUT2D eigenvalue weighted by Crippen LogP contribution is -2.34. The Hall–Kier alpha value is -3.36. The van der Waals surface area contributed by atoms with Crippen LogP contribution in [-0.2, 0) is 9.53 Å². The van der Waals surface area contributed by atoms with Gasteiger partial charge in [0, 0.05) is 30.1 Å². The normalized spacial score (nSPS) is 16.3. The first kappa shape index (κ1) is 21.9. The summed E-state index contributed by atoms with van der Waals surface area (Å²) < 4.78 is 29.6. The van der Waals surface area contributed by atoms with Crippen molar-refractivity contribution < 1.29 is 33.0 Å². The number of rotatable bonds is 7. The van der Waals surface area contributed by atoms with Crippen LogP contribution in [0.3, 0.4) is 0 Å². The number of ether oxygens (including phenoxy) is 2. The molecule has 0 bridgehead atoms. The maximum Gasteiger partial charge on any atom is 0.290 e. The van der Waals surface area contributed by atoms with Crippen LogP contribution in [-0.4, -0.2) is 49.1 Å². The standard InChI is InChI=1S/C23H19ClFNO6/c1-30-8-7-26-19(12-3-5-15(25)6-4-12)18(21(28)23(26)29)20(27)16-10-13-9-14(24)11-17(31-2)22(13)32-16/h3-6,9-11,19,28H,7-8H2,1-2H3. The minimum absolute atomic E-state index is 0.101. The van der Waals surface area contributed by atoms with E-state index in [2.05, 4.69) is 0 Å². The van der Waals surface area contributed by atoms with Crippen LogP contribution in [0.15, 0.2) is 58.2 Å². The van der Waals surface area contributed by atoms with E-state index in [0.717, 1.165) is 0 Å². The number of halogens is 2. The zero-order chi connectivity index (χ0) is 23.0. The van der Waals surface area contributed by atoms with Crippen molar-refractivity contribution in [2.24, 2.45) is 0 Å². The summed E-state index contributed by atoms with van der Waals surface area (Å²) in [5.74, 6) is -2.33. The highest BCUT2D eigenvalue weighted by Gasteiger charge is 2.44. The van der Waals surface area contributed by atoms with E-state index < -0.39 is 29.3 Å². The van der Waals surface area contributed by atoms with Gasteiger partial charge >= 0.3 is 0 Å². The van der Waals surface area contributed by atoms with Crippen LogP contribution in [0.5, 0.6) is 5.75 Å². The summed E-state index contributed by atoms with van der Waals surface area (Å²) in [4.78, 5) is 27.6. The maximum atomic E-state index is 13.5. The second-order valence-corrected chi connectivity index (χ2v) is 7.61. The van der Waals surface area contributed by atoms with Gasteiger partial charge in [-0.2, -0.15) is 0 Å². The number of carbonyl (C=O) groups is 2. The fourth-order valence-electron chi connectivity index (χ4n) is 3.78. The second kappa shape index (κ2) is 8.64. The number of aliphatic hydroxyl groups is 1. The van der Waals surface area contributed by atoms with E-state index in [0.29, 0.717) is 27.3 Å². The third-order valence-electron chi connectivity index (χ3n) is 5.26. The summed E-state index contributed by atoms with van der Waals surface area (Å²) in [6, 6.07) is 9.04. The van der Waals surface area contributed by atoms with Gasteiger partial charge in [-0.05, 0) is 29.8 Å². The third-order valence-corrected chi connectivity index (χ3v) is 5.48. The number of methoxy groups -OCH3 is 2. The highest BCUT2D eigenvalue weighted by Crippen LogP contribution is 2.40. The van der Waals surface area contributed by atoms with Crippen LogP contribution < -0.4 is 4.74 Å². The van der Waals surface area contributed by atoms with Gasteiger partial charge in [-0.3, -0.25) is 9.59 Å². The van der Waals surface area contributed by atoms with E-state index in [1.807, 2.05) is 0 Å². The summed E-state index contributed by atoms with van der Waals surface area (Å²) in [5, 5.41) is 11.5. The second-order valence-electron chi connectivity index (χ2n) is 7.17. The maximum absolute atomic E-state index is 13.5. The van der Waals surface area contributed by atoms with E-state index >= 15 is 0 Å². The quantitative estimate of drug-likeness (QED) is 0.525. The topological polar surface area (TPSA) is 89.2 Å². The lowest BCUT2D eigenvalue weighted by Gasteiger charge is -2.26. The monoisotopic (exact) mass is 459 g/mol. The average Bonchev–Trinajstić information content (AvgIpc) is 3.31. The largest absolute Gasteiger partial charge is 0.503 e. The molecule has 166 valence electrons. The minimum atomic E-state index is -0.940. The molecule has 0 fully saturated rings. The Balaban J connectivity index is 1.82. The first-order valence-corrected chi connectivity index (χ1v) is 10.0. The van der Waals surface area contributed by atoms with Crippen LogP contribution in [0.1, 0.15) is 22.2 Å². The van der Waals surface area contributed by atoms with Crippen molar-refractivity contribution in [3.8, 4) is 5.75 Å². The van der Waals surface area contributed by atoms with E-state index in [4.69, 9.17) is 25.5 Å². The highest BCUT2D eigenvalue weighted by molar-refractivity contribution is 6.31. The van der Waals surface area contributed by atoms with Crippen LogP contribution in [0, 0.1) is 5.82 Å². The average molecular weight is 460 g/mol. The number of Topliss-reactive ketones (excluding diaryl/α,β-unsaturated/α-hetero) is 1. The highest BCUT2D eigenvalue weighted by atomic mass is 35.5. The van der Waals surface area contributed by atoms with Crippen LogP contribution in [0.2, 0.25) is 5.02 Å². The molecule has 1 atom stereocenters. The number of nitrogens with zero attached hydrogens (tertiary/aromatic N) is 1. The van der Waals surface area contributed by atoms with Crippen LogP contribution in [0.4, 0.5) is 4.39 Å². The van der Waals surface area contributed by atoms with Crippen LogP contribution in [0.25, 0.3) is 11.0 Å². The number of ketones is 1. The Morgan fingerprint density at radius 2 is 1.94 bits per heavy atom. The molecule has 1 aliphatic heterocycles. The molecule has 1 unspecified atom stereocenters. The molecule has 9 heteroatoms. The summed E-state index contributed by atoms with van der Waals surface area (Å²) in [7, 11) is 2.91. The fraction of sp³-hybridized carbons (Fsp3) is 0.217. The van der Waals surface area contributed by atoms with Crippen molar-refractivity contribution in [2.75, 3.05) is 27.4 Å². The van der Waals surface area contributed by atoms with E-state index in [-0.39, 0.29) is 24.5 Å². The van der Waals surface area contributed by atoms with Gasteiger partial charge in [0.05, 0.1) is 25.3 Å². The van der Waals surface area contributed by atoms with Crippen molar-refractivity contribution in [1.82, 2.24) is 4.90 Å². The molecule has 1 aromatic heterocycles. The van der Waals surface area contributed by atoms with Gasteiger partial charge in [-0.1, -0.05) is 23.7 Å². The lowest BCUT2D eigenvalue weighted by atomic mass is 9.95. The molecular weight excluding hydrogens is 441 g/mol. The first-order valence-electron chi connectivity index (χ1n) is 9.66. The van der Waals surface area contributed by atoms with Gasteiger partial charge in [-0.25, -0.2) is 4.39 Å². The lowest BCUT2D eigenvalue weighted by molar-refractivity contribution is -0.130. The Morgan fingerprint density at radius 1 is 1.22 bits per heavy atom. The van der Waals surface area contributed by atoms with Gasteiger partial charge in [-0.15, -0.1) is 0 Å². The molecule has 2 heterocycles. The molecule has 1 amide bonds. The SMILES string of the molecule is COCCN1C(=O)C(O)=C(C(=O)c2cc3cc(Cl)cc(OC)c3o2)C1c1ccc(F)cc1. The van der Waals surface area contributed by atoms with Gasteiger partial charge < -0.3 is 23.9 Å². The van der Waals surface area contributed by atoms with Crippen molar-refractivity contribution in [3.05, 3.63) is 76.0 Å². The van der Waals surface area contributed by atoms with E-state index in [1.54, 1.807) is 12.1 Å². The van der Waals surface area contributed by atoms with E-state index in [9.17, 15) is 19.1 Å². The van der Waals surface area contributed by atoms with Gasteiger partial charge in [0.1, 0.15) is 5.82 Å². The van der Waals surface area contributed by atoms with Gasteiger partial charge in [0.2, 0.25) is 5.78 Å². The molecule has 3 aromatic rings. The summed E-state index contributed by atoms with van der Waals surface area (Å²) in [6.07, 6.45) is 0. The Morgan fingerprint density at radius 3 is 2.59 bits per heavy atom. The summed E-state index contributed by atoms with van der Waals surface area (Å²) in [5.41, 5.74) is 0.598. The predicted molar refractivity (Wildman–Crippen MR) is 114 cm³/mol. The molecule has 32 heavy (non-hydrogen) atoms. The Bertz CT molecular complexity index is 1230. The Labute approximate surface area is 187 Å². The molecule has 2 aromatic carbocycles. The molecule has 0 aliphatic carbocycles. The molecule has 0 spiro atoms. The number of amides is 1. The van der Waals surface area contributed by atoms with Crippen molar-refractivity contribution in [2.45, 2.75) is 6.04 Å². The Kier molecular flexibility index (Phi) is 5.90. The number of benzene rings is 2. The van der Waals surface area contributed by atoms with Crippen molar-refractivity contribution >= 4 is 34.3 Å².